The molecule has 2 amide bonds. The lowest BCUT2D eigenvalue weighted by atomic mass is 10.2. The van der Waals surface area contributed by atoms with Gasteiger partial charge in [-0.15, -0.1) is 0 Å². The Balaban J connectivity index is 1.65. The number of amides is 2. The van der Waals surface area contributed by atoms with Crippen LogP contribution in [0.1, 0.15) is 16.8 Å². The summed E-state index contributed by atoms with van der Waals surface area (Å²) in [6.45, 7) is 0.339. The predicted octanol–water partition coefficient (Wildman–Crippen LogP) is 1.19. The number of nitrogens with one attached hydrogen (secondary N) is 2. The minimum Gasteiger partial charge on any atom is -0.357 e. The van der Waals surface area contributed by atoms with Crippen LogP contribution in [0.2, 0.25) is 0 Å². The second kappa shape index (κ2) is 6.61. The number of carbonyl (C=O) groups excluding carboxylic acids is 2. The fourth-order valence-electron chi connectivity index (χ4n) is 2.52. The summed E-state index contributed by atoms with van der Waals surface area (Å²) in [5.41, 5.74) is 0.932. The summed E-state index contributed by atoms with van der Waals surface area (Å²) < 4.78 is 13.0. The number of anilines is 2. The van der Waals surface area contributed by atoms with Gasteiger partial charge in [0.25, 0.3) is 5.91 Å². The molecule has 1 aliphatic rings. The molecule has 0 bridgehead atoms. The van der Waals surface area contributed by atoms with Gasteiger partial charge < -0.3 is 15.5 Å². The van der Waals surface area contributed by atoms with E-state index in [2.05, 4.69) is 20.6 Å². The highest BCUT2D eigenvalue weighted by atomic mass is 19.1. The highest BCUT2D eigenvalue weighted by Crippen LogP contribution is 2.22. The van der Waals surface area contributed by atoms with Gasteiger partial charge in [-0.25, -0.2) is 14.4 Å². The first-order chi connectivity index (χ1) is 11.6. The first-order valence-corrected chi connectivity index (χ1v) is 7.43. The summed E-state index contributed by atoms with van der Waals surface area (Å²) in [6.07, 6.45) is 3.03. The molecule has 24 heavy (non-hydrogen) atoms. The van der Waals surface area contributed by atoms with Gasteiger partial charge in [-0.1, -0.05) is 0 Å². The predicted molar refractivity (Wildman–Crippen MR) is 86.2 cm³/mol. The minimum absolute atomic E-state index is 0.117. The zero-order valence-electron chi connectivity index (χ0n) is 13.0. The van der Waals surface area contributed by atoms with Gasteiger partial charge in [0.1, 0.15) is 5.82 Å². The Bertz CT molecular complexity index is 748. The molecule has 3 rings (SSSR count). The highest BCUT2D eigenvalue weighted by Gasteiger charge is 2.31. The van der Waals surface area contributed by atoms with Crippen LogP contribution in [0, 0.1) is 5.82 Å². The van der Waals surface area contributed by atoms with E-state index in [1.807, 2.05) is 0 Å². The number of aromatic nitrogens is 2. The molecule has 1 atom stereocenters. The van der Waals surface area contributed by atoms with Gasteiger partial charge in [-0.05, 0) is 24.3 Å². The van der Waals surface area contributed by atoms with E-state index in [9.17, 15) is 14.0 Å². The fourth-order valence-corrected chi connectivity index (χ4v) is 2.52. The molecule has 0 unspecified atom stereocenters. The van der Waals surface area contributed by atoms with Crippen LogP contribution in [-0.2, 0) is 4.79 Å². The third kappa shape index (κ3) is 3.32. The molecule has 1 aromatic carbocycles. The summed E-state index contributed by atoms with van der Waals surface area (Å²) in [4.78, 5) is 33.8. The van der Waals surface area contributed by atoms with Gasteiger partial charge in [0.05, 0.1) is 11.6 Å². The van der Waals surface area contributed by atoms with Crippen LogP contribution in [0.4, 0.5) is 16.0 Å². The van der Waals surface area contributed by atoms with E-state index >= 15 is 0 Å². The Morgan fingerprint density at radius 3 is 2.54 bits per heavy atom. The van der Waals surface area contributed by atoms with Crippen molar-refractivity contribution in [2.75, 3.05) is 23.8 Å². The monoisotopic (exact) mass is 329 g/mol. The first-order valence-electron chi connectivity index (χ1n) is 7.43. The summed E-state index contributed by atoms with van der Waals surface area (Å²) in [5.74, 6) is -0.393. The van der Waals surface area contributed by atoms with Gasteiger partial charge >= 0.3 is 0 Å². The van der Waals surface area contributed by atoms with Crippen molar-refractivity contribution in [3.8, 4) is 0 Å². The second-order valence-electron chi connectivity index (χ2n) is 5.40. The third-order valence-electron chi connectivity index (χ3n) is 3.74. The molecule has 2 N–H and O–H groups in total. The van der Waals surface area contributed by atoms with Crippen molar-refractivity contribution in [3.63, 3.8) is 0 Å². The molecule has 0 saturated carbocycles. The first kappa shape index (κ1) is 15.9. The molecular weight excluding hydrogens is 313 g/mol. The molecule has 0 aliphatic carbocycles. The summed E-state index contributed by atoms with van der Waals surface area (Å²) >= 11 is 0. The number of hydrogen-bond acceptors (Lipinski definition) is 5. The zero-order valence-corrected chi connectivity index (χ0v) is 13.0. The Morgan fingerprint density at radius 2 is 1.92 bits per heavy atom. The Kier molecular flexibility index (Phi) is 4.37. The van der Waals surface area contributed by atoms with Gasteiger partial charge in [-0.3, -0.25) is 9.59 Å². The number of rotatable bonds is 4. The lowest BCUT2D eigenvalue weighted by Gasteiger charge is -2.17. The molecule has 1 fully saturated rings. The van der Waals surface area contributed by atoms with Gasteiger partial charge in [-0.2, -0.15) is 0 Å². The molecule has 0 radical (unpaired) electrons. The number of halogens is 1. The minimum atomic E-state index is -0.361. The summed E-state index contributed by atoms with van der Waals surface area (Å²) in [5, 5.41) is 5.57. The molecule has 1 aromatic heterocycles. The van der Waals surface area contributed by atoms with E-state index in [1.54, 1.807) is 19.2 Å². The maximum atomic E-state index is 13.0. The van der Waals surface area contributed by atoms with Crippen LogP contribution in [0.5, 0.6) is 0 Å². The number of nitrogens with zero attached hydrogens (tertiary/aromatic N) is 3. The number of hydrogen-bond donors (Lipinski definition) is 2. The van der Waals surface area contributed by atoms with E-state index < -0.39 is 0 Å². The molecule has 8 heteroatoms. The average molecular weight is 329 g/mol. The van der Waals surface area contributed by atoms with E-state index in [4.69, 9.17) is 0 Å². The lowest BCUT2D eigenvalue weighted by Crippen LogP contribution is -2.37. The topological polar surface area (TPSA) is 87.2 Å². The molecule has 7 nitrogen and oxygen atoms in total. The van der Waals surface area contributed by atoms with Crippen molar-refractivity contribution in [1.29, 1.82) is 0 Å². The SMILES string of the molecule is CNc1ncc(C(=O)N[C@@H]2CC(=O)N(c3ccc(F)cc3)C2)cn1. The van der Waals surface area contributed by atoms with E-state index in [0.29, 0.717) is 23.7 Å². The molecule has 2 aromatic rings. The molecule has 1 aliphatic heterocycles. The average Bonchev–Trinajstić information content (AvgIpc) is 2.96. The largest absolute Gasteiger partial charge is 0.357 e. The number of benzene rings is 1. The van der Waals surface area contributed by atoms with Crippen LogP contribution in [0.25, 0.3) is 0 Å². The number of carbonyl (C=O) groups is 2. The highest BCUT2D eigenvalue weighted by molar-refractivity contribution is 5.98. The summed E-state index contributed by atoms with van der Waals surface area (Å²) in [7, 11) is 1.68. The van der Waals surface area contributed by atoms with Crippen molar-refractivity contribution in [2.24, 2.45) is 0 Å². The van der Waals surface area contributed by atoms with Crippen molar-refractivity contribution in [2.45, 2.75) is 12.5 Å². The lowest BCUT2D eigenvalue weighted by molar-refractivity contribution is -0.117. The second-order valence-corrected chi connectivity index (χ2v) is 5.40. The van der Waals surface area contributed by atoms with E-state index in [1.165, 1.54) is 29.4 Å². The van der Waals surface area contributed by atoms with Crippen LogP contribution < -0.4 is 15.5 Å². The van der Waals surface area contributed by atoms with Crippen molar-refractivity contribution >= 4 is 23.5 Å². The maximum Gasteiger partial charge on any atom is 0.254 e. The van der Waals surface area contributed by atoms with Gasteiger partial charge in [0.15, 0.2) is 0 Å². The maximum absolute atomic E-state index is 13.0. The van der Waals surface area contributed by atoms with Crippen LogP contribution in [-0.4, -0.2) is 41.4 Å². The quantitative estimate of drug-likeness (QED) is 0.880. The van der Waals surface area contributed by atoms with Crippen LogP contribution in [0.15, 0.2) is 36.7 Å². The smallest absolute Gasteiger partial charge is 0.254 e. The van der Waals surface area contributed by atoms with Crippen molar-refractivity contribution in [3.05, 3.63) is 48.0 Å². The molecule has 124 valence electrons. The standard InChI is InChI=1S/C16H16FN5O2/c1-18-16-19-7-10(8-20-16)15(24)21-12-6-14(23)22(9-12)13-4-2-11(17)3-5-13/h2-5,7-8,12H,6,9H2,1H3,(H,21,24)(H,18,19,20)/t12-/m1/s1. The molecule has 2 heterocycles. The molecule has 0 spiro atoms. The zero-order chi connectivity index (χ0) is 17.1. The van der Waals surface area contributed by atoms with Gasteiger partial charge in [0, 0.05) is 38.1 Å². The van der Waals surface area contributed by atoms with Crippen molar-refractivity contribution < 1.29 is 14.0 Å². The third-order valence-corrected chi connectivity index (χ3v) is 3.74. The summed E-state index contributed by atoms with van der Waals surface area (Å²) in [6, 6.07) is 5.37. The van der Waals surface area contributed by atoms with Crippen LogP contribution in [0.3, 0.4) is 0 Å². The van der Waals surface area contributed by atoms with Crippen LogP contribution >= 0.6 is 0 Å². The van der Waals surface area contributed by atoms with E-state index in [0.717, 1.165) is 0 Å². The molecular formula is C16H16FN5O2. The fraction of sp³-hybridized carbons (Fsp3) is 0.250. The van der Waals surface area contributed by atoms with Crippen molar-refractivity contribution in [1.82, 2.24) is 15.3 Å². The molecule has 1 saturated heterocycles. The normalized spacial score (nSPS) is 17.0. The Morgan fingerprint density at radius 1 is 1.25 bits per heavy atom. The Hall–Kier alpha value is -3.03. The van der Waals surface area contributed by atoms with E-state index in [-0.39, 0.29) is 30.1 Å². The Labute approximate surface area is 137 Å². The van der Waals surface area contributed by atoms with Gasteiger partial charge in [0.2, 0.25) is 11.9 Å².